The van der Waals surface area contributed by atoms with Crippen LogP contribution in [0.3, 0.4) is 0 Å². The predicted octanol–water partition coefficient (Wildman–Crippen LogP) is 4.54. The van der Waals surface area contributed by atoms with Gasteiger partial charge in [-0.1, -0.05) is 12.1 Å². The van der Waals surface area contributed by atoms with Gasteiger partial charge in [0.05, 0.1) is 9.40 Å². The molecule has 1 N–H and O–H groups in total. The monoisotopic (exact) mass is 352 g/mol. The quantitative estimate of drug-likeness (QED) is 0.634. The lowest BCUT2D eigenvalue weighted by molar-refractivity contribution is -0.385. The highest BCUT2D eigenvalue weighted by molar-refractivity contribution is 9.10. The van der Waals surface area contributed by atoms with Crippen LogP contribution in [0, 0.1) is 15.9 Å². The fraction of sp³-hybridized carbons (Fsp3) is 0.200. The summed E-state index contributed by atoms with van der Waals surface area (Å²) in [4.78, 5) is 10.5. The first-order valence-electron chi connectivity index (χ1n) is 6.40. The van der Waals surface area contributed by atoms with Gasteiger partial charge in [0, 0.05) is 17.8 Å². The molecule has 0 radical (unpaired) electrons. The molecular weight excluding hydrogens is 339 g/mol. The zero-order valence-electron chi connectivity index (χ0n) is 11.3. The normalized spacial score (nSPS) is 12.0. The second kappa shape index (κ2) is 6.67. The SMILES string of the molecule is CC(Cc1cccc(F)c1)Nc1ccc(Br)c([N+](=O)[O-])c1. The van der Waals surface area contributed by atoms with Crippen molar-refractivity contribution in [2.75, 3.05) is 5.32 Å². The van der Waals surface area contributed by atoms with Crippen LogP contribution in [0.4, 0.5) is 15.8 Å². The first-order valence-corrected chi connectivity index (χ1v) is 7.20. The zero-order chi connectivity index (χ0) is 15.4. The third-order valence-electron chi connectivity index (χ3n) is 2.99. The maximum absolute atomic E-state index is 13.1. The maximum atomic E-state index is 13.1. The van der Waals surface area contributed by atoms with Gasteiger partial charge in [-0.15, -0.1) is 0 Å². The Morgan fingerprint density at radius 2 is 2.10 bits per heavy atom. The van der Waals surface area contributed by atoms with Crippen LogP contribution >= 0.6 is 15.9 Å². The molecule has 0 aromatic heterocycles. The van der Waals surface area contributed by atoms with E-state index in [1.807, 2.05) is 13.0 Å². The van der Waals surface area contributed by atoms with Gasteiger partial charge in [-0.05, 0) is 59.1 Å². The smallest absolute Gasteiger partial charge is 0.285 e. The van der Waals surface area contributed by atoms with E-state index in [9.17, 15) is 14.5 Å². The number of anilines is 1. The lowest BCUT2D eigenvalue weighted by Gasteiger charge is -2.15. The van der Waals surface area contributed by atoms with E-state index in [0.29, 0.717) is 16.6 Å². The standard InChI is InChI=1S/C15H14BrFN2O2/c1-10(7-11-3-2-4-12(17)8-11)18-13-5-6-14(16)15(9-13)19(20)21/h2-6,8-10,18H,7H2,1H3. The molecule has 110 valence electrons. The van der Waals surface area contributed by atoms with Crippen molar-refractivity contribution in [1.82, 2.24) is 0 Å². The van der Waals surface area contributed by atoms with Crippen molar-refractivity contribution in [1.29, 1.82) is 0 Å². The molecule has 1 unspecified atom stereocenters. The summed E-state index contributed by atoms with van der Waals surface area (Å²) in [6, 6.07) is 11.3. The molecule has 2 aromatic carbocycles. The molecule has 0 aliphatic carbocycles. The van der Waals surface area contributed by atoms with Gasteiger partial charge in [0.2, 0.25) is 0 Å². The summed E-state index contributed by atoms with van der Waals surface area (Å²) in [7, 11) is 0. The van der Waals surface area contributed by atoms with Crippen molar-refractivity contribution in [2.24, 2.45) is 0 Å². The molecule has 6 heteroatoms. The van der Waals surface area contributed by atoms with Crippen LogP contribution in [0.5, 0.6) is 0 Å². The Bertz CT molecular complexity index is 664. The van der Waals surface area contributed by atoms with Crippen molar-refractivity contribution in [3.05, 3.63) is 68.4 Å². The van der Waals surface area contributed by atoms with Crippen LogP contribution in [-0.4, -0.2) is 11.0 Å². The van der Waals surface area contributed by atoms with Crippen molar-refractivity contribution < 1.29 is 9.31 Å². The van der Waals surface area contributed by atoms with Crippen LogP contribution in [0.1, 0.15) is 12.5 Å². The van der Waals surface area contributed by atoms with E-state index in [-0.39, 0.29) is 17.5 Å². The Kier molecular flexibility index (Phi) is 4.90. The zero-order valence-corrected chi connectivity index (χ0v) is 12.9. The van der Waals surface area contributed by atoms with Gasteiger partial charge in [-0.2, -0.15) is 0 Å². The molecular formula is C15H14BrFN2O2. The minimum Gasteiger partial charge on any atom is -0.382 e. The molecule has 2 rings (SSSR count). The Morgan fingerprint density at radius 3 is 2.76 bits per heavy atom. The van der Waals surface area contributed by atoms with E-state index in [1.165, 1.54) is 18.2 Å². The number of hydrogen-bond acceptors (Lipinski definition) is 3. The summed E-state index contributed by atoms with van der Waals surface area (Å²) in [5, 5.41) is 14.1. The van der Waals surface area contributed by atoms with Crippen LogP contribution in [-0.2, 0) is 6.42 Å². The summed E-state index contributed by atoms with van der Waals surface area (Å²) in [5.74, 6) is -0.265. The summed E-state index contributed by atoms with van der Waals surface area (Å²) in [5.41, 5.74) is 1.55. The van der Waals surface area contributed by atoms with Gasteiger partial charge in [0.25, 0.3) is 5.69 Å². The number of hydrogen-bond donors (Lipinski definition) is 1. The molecule has 0 heterocycles. The van der Waals surface area contributed by atoms with E-state index in [2.05, 4.69) is 21.2 Å². The Balaban J connectivity index is 2.07. The van der Waals surface area contributed by atoms with Crippen molar-refractivity contribution in [3.8, 4) is 0 Å². The number of nitrogens with one attached hydrogen (secondary N) is 1. The molecule has 0 saturated heterocycles. The first-order chi connectivity index (χ1) is 9.95. The highest BCUT2D eigenvalue weighted by Crippen LogP contribution is 2.28. The third-order valence-corrected chi connectivity index (χ3v) is 3.66. The highest BCUT2D eigenvalue weighted by atomic mass is 79.9. The number of rotatable bonds is 5. The average Bonchev–Trinajstić information content (AvgIpc) is 2.40. The fourth-order valence-electron chi connectivity index (χ4n) is 2.10. The number of nitrogens with zero attached hydrogens (tertiary/aromatic N) is 1. The topological polar surface area (TPSA) is 55.2 Å². The molecule has 21 heavy (non-hydrogen) atoms. The average molecular weight is 353 g/mol. The van der Waals surface area contributed by atoms with E-state index < -0.39 is 4.92 Å². The van der Waals surface area contributed by atoms with Gasteiger partial charge < -0.3 is 5.32 Å². The minimum atomic E-state index is -0.438. The minimum absolute atomic E-state index is 0.0120. The van der Waals surface area contributed by atoms with Crippen LogP contribution in [0.15, 0.2) is 46.9 Å². The molecule has 0 amide bonds. The third kappa shape index (κ3) is 4.26. The van der Waals surface area contributed by atoms with E-state index in [1.54, 1.807) is 18.2 Å². The molecule has 0 spiro atoms. The van der Waals surface area contributed by atoms with Gasteiger partial charge in [0.15, 0.2) is 0 Å². The molecule has 0 aliphatic heterocycles. The van der Waals surface area contributed by atoms with E-state index in [0.717, 1.165) is 5.56 Å². The van der Waals surface area contributed by atoms with Crippen LogP contribution in [0.25, 0.3) is 0 Å². The first kappa shape index (κ1) is 15.4. The number of nitro benzene ring substituents is 1. The summed E-state index contributed by atoms with van der Waals surface area (Å²) in [6.07, 6.45) is 0.627. The van der Waals surface area contributed by atoms with Gasteiger partial charge >= 0.3 is 0 Å². The fourth-order valence-corrected chi connectivity index (χ4v) is 2.49. The number of halogens is 2. The second-order valence-electron chi connectivity index (χ2n) is 4.80. The van der Waals surface area contributed by atoms with Gasteiger partial charge in [-0.3, -0.25) is 10.1 Å². The highest BCUT2D eigenvalue weighted by Gasteiger charge is 2.13. The molecule has 0 saturated carbocycles. The summed E-state index contributed by atoms with van der Waals surface area (Å²) >= 11 is 3.15. The van der Waals surface area contributed by atoms with Crippen LogP contribution < -0.4 is 5.32 Å². The molecule has 0 bridgehead atoms. The van der Waals surface area contributed by atoms with Gasteiger partial charge in [-0.25, -0.2) is 4.39 Å². The lowest BCUT2D eigenvalue weighted by Crippen LogP contribution is -2.18. The largest absolute Gasteiger partial charge is 0.382 e. The molecule has 0 fully saturated rings. The number of benzene rings is 2. The van der Waals surface area contributed by atoms with E-state index >= 15 is 0 Å². The maximum Gasteiger partial charge on any atom is 0.285 e. The Labute approximate surface area is 130 Å². The predicted molar refractivity (Wildman–Crippen MR) is 84.0 cm³/mol. The Morgan fingerprint density at radius 1 is 1.33 bits per heavy atom. The molecule has 4 nitrogen and oxygen atoms in total. The molecule has 1 atom stereocenters. The van der Waals surface area contributed by atoms with Crippen LogP contribution in [0.2, 0.25) is 0 Å². The van der Waals surface area contributed by atoms with Crippen molar-refractivity contribution in [3.63, 3.8) is 0 Å². The van der Waals surface area contributed by atoms with Crippen molar-refractivity contribution >= 4 is 27.3 Å². The van der Waals surface area contributed by atoms with Crippen molar-refractivity contribution in [2.45, 2.75) is 19.4 Å². The second-order valence-corrected chi connectivity index (χ2v) is 5.66. The van der Waals surface area contributed by atoms with Gasteiger partial charge in [0.1, 0.15) is 5.82 Å². The summed E-state index contributed by atoms with van der Waals surface area (Å²) in [6.45, 7) is 1.94. The summed E-state index contributed by atoms with van der Waals surface area (Å²) < 4.78 is 13.6. The van der Waals surface area contributed by atoms with E-state index in [4.69, 9.17) is 0 Å². The lowest BCUT2D eigenvalue weighted by atomic mass is 10.1. The number of nitro groups is 1. The Hall–Kier alpha value is -1.95. The molecule has 2 aromatic rings. The molecule has 0 aliphatic rings.